The van der Waals surface area contributed by atoms with Crippen LogP contribution in [0.5, 0.6) is 11.5 Å². The summed E-state index contributed by atoms with van der Waals surface area (Å²) in [5.41, 5.74) is 1.07. The summed E-state index contributed by atoms with van der Waals surface area (Å²) in [6, 6.07) is 13.5. The van der Waals surface area contributed by atoms with Crippen LogP contribution in [-0.2, 0) is 6.54 Å². The summed E-state index contributed by atoms with van der Waals surface area (Å²) in [5, 5.41) is 25.0. The van der Waals surface area contributed by atoms with Crippen LogP contribution in [0.15, 0.2) is 48.5 Å². The number of rotatable bonds is 6. The molecular weight excluding hydrogens is 268 g/mol. The first kappa shape index (κ1) is 14.9. The highest BCUT2D eigenvalue weighted by molar-refractivity contribution is 5.96. The largest absolute Gasteiger partial charge is 0.508 e. The number of nitrogens with one attached hydrogen (secondary N) is 2. The molecule has 2 aromatic carbocycles. The average Bonchev–Trinajstić information content (AvgIpc) is 2.49. The lowest BCUT2D eigenvalue weighted by atomic mass is 10.2. The van der Waals surface area contributed by atoms with Crippen molar-refractivity contribution in [1.29, 1.82) is 0 Å². The second-order valence-corrected chi connectivity index (χ2v) is 4.58. The van der Waals surface area contributed by atoms with E-state index in [1.54, 1.807) is 30.3 Å². The van der Waals surface area contributed by atoms with Gasteiger partial charge in [-0.3, -0.25) is 4.79 Å². The van der Waals surface area contributed by atoms with E-state index in [2.05, 4.69) is 10.6 Å². The lowest BCUT2D eigenvalue weighted by Crippen LogP contribution is -2.31. The maximum Gasteiger partial charge on any atom is 0.255 e. The number of amides is 1. The second-order valence-electron chi connectivity index (χ2n) is 4.58. The predicted octanol–water partition coefficient (Wildman–Crippen LogP) is 1.62. The molecule has 5 nitrogen and oxygen atoms in total. The number of phenolic OH excluding ortho intramolecular Hbond substituents is 2. The molecule has 0 radical (unpaired) electrons. The molecule has 0 aliphatic carbocycles. The van der Waals surface area contributed by atoms with E-state index in [0.29, 0.717) is 19.6 Å². The van der Waals surface area contributed by atoms with Crippen molar-refractivity contribution in [2.24, 2.45) is 0 Å². The van der Waals surface area contributed by atoms with Gasteiger partial charge in [-0.05, 0) is 18.2 Å². The Morgan fingerprint density at radius 2 is 1.57 bits per heavy atom. The van der Waals surface area contributed by atoms with Crippen LogP contribution >= 0.6 is 0 Å². The Balaban J connectivity index is 1.72. The zero-order valence-corrected chi connectivity index (χ0v) is 11.5. The third kappa shape index (κ3) is 4.22. The van der Waals surface area contributed by atoms with Gasteiger partial charge in [-0.1, -0.05) is 30.3 Å². The Morgan fingerprint density at radius 1 is 0.905 bits per heavy atom. The van der Waals surface area contributed by atoms with Gasteiger partial charge in [0.15, 0.2) is 0 Å². The normalized spacial score (nSPS) is 10.3. The zero-order chi connectivity index (χ0) is 15.1. The van der Waals surface area contributed by atoms with Crippen LogP contribution in [0.2, 0.25) is 0 Å². The number of hydrogen-bond donors (Lipinski definition) is 4. The van der Waals surface area contributed by atoms with E-state index in [1.807, 2.05) is 12.1 Å². The molecule has 0 saturated carbocycles. The molecule has 0 fully saturated rings. The molecule has 0 aliphatic heterocycles. The maximum absolute atomic E-state index is 11.8. The van der Waals surface area contributed by atoms with Gasteiger partial charge in [0.1, 0.15) is 11.5 Å². The SMILES string of the molecule is O=C(NCCNCc1ccccc1O)c1ccccc1O. The molecule has 0 saturated heterocycles. The highest BCUT2D eigenvalue weighted by Gasteiger charge is 2.08. The first-order valence-electron chi connectivity index (χ1n) is 6.72. The van der Waals surface area contributed by atoms with Gasteiger partial charge in [0.25, 0.3) is 5.91 Å². The Kier molecular flexibility index (Phi) is 5.17. The lowest BCUT2D eigenvalue weighted by molar-refractivity contribution is 0.0951. The van der Waals surface area contributed by atoms with Crippen LogP contribution in [-0.4, -0.2) is 29.2 Å². The maximum atomic E-state index is 11.8. The smallest absolute Gasteiger partial charge is 0.255 e. The fourth-order valence-electron chi connectivity index (χ4n) is 1.91. The first-order valence-corrected chi connectivity index (χ1v) is 6.72. The molecule has 0 atom stereocenters. The average molecular weight is 286 g/mol. The third-order valence-electron chi connectivity index (χ3n) is 3.04. The van der Waals surface area contributed by atoms with Gasteiger partial charge in [-0.2, -0.15) is 0 Å². The lowest BCUT2D eigenvalue weighted by Gasteiger charge is -2.08. The van der Waals surface area contributed by atoms with E-state index in [1.165, 1.54) is 6.07 Å². The molecule has 0 heterocycles. The minimum Gasteiger partial charge on any atom is -0.508 e. The van der Waals surface area contributed by atoms with E-state index in [0.717, 1.165) is 5.56 Å². The second kappa shape index (κ2) is 7.31. The van der Waals surface area contributed by atoms with Crippen molar-refractivity contribution in [2.75, 3.05) is 13.1 Å². The van der Waals surface area contributed by atoms with Crippen LogP contribution in [0.3, 0.4) is 0 Å². The molecule has 110 valence electrons. The number of phenols is 2. The van der Waals surface area contributed by atoms with Crippen molar-refractivity contribution < 1.29 is 15.0 Å². The molecule has 0 bridgehead atoms. The van der Waals surface area contributed by atoms with Crippen molar-refractivity contribution in [3.05, 3.63) is 59.7 Å². The Hall–Kier alpha value is -2.53. The van der Waals surface area contributed by atoms with E-state index in [4.69, 9.17) is 0 Å². The van der Waals surface area contributed by atoms with E-state index in [9.17, 15) is 15.0 Å². The summed E-state index contributed by atoms with van der Waals surface area (Å²) in [5.74, 6) is -0.0853. The number of aromatic hydroxyl groups is 2. The molecule has 0 aliphatic rings. The molecule has 0 aromatic heterocycles. The number of benzene rings is 2. The predicted molar refractivity (Wildman–Crippen MR) is 80.3 cm³/mol. The van der Waals surface area contributed by atoms with Gasteiger partial charge in [0.2, 0.25) is 0 Å². The summed E-state index contributed by atoms with van der Waals surface area (Å²) < 4.78 is 0. The standard InChI is InChI=1S/C16H18N2O3/c19-14-7-3-1-5-12(14)11-17-9-10-18-16(21)13-6-2-4-8-15(13)20/h1-8,17,19-20H,9-11H2,(H,18,21). The highest BCUT2D eigenvalue weighted by Crippen LogP contribution is 2.15. The topological polar surface area (TPSA) is 81.6 Å². The first-order chi connectivity index (χ1) is 10.2. The fourth-order valence-corrected chi connectivity index (χ4v) is 1.91. The Labute approximate surface area is 123 Å². The van der Waals surface area contributed by atoms with Crippen molar-refractivity contribution in [3.8, 4) is 11.5 Å². The molecule has 5 heteroatoms. The molecule has 21 heavy (non-hydrogen) atoms. The van der Waals surface area contributed by atoms with Crippen molar-refractivity contribution in [1.82, 2.24) is 10.6 Å². The van der Waals surface area contributed by atoms with Crippen molar-refractivity contribution in [2.45, 2.75) is 6.54 Å². The third-order valence-corrected chi connectivity index (χ3v) is 3.04. The quantitative estimate of drug-likeness (QED) is 0.608. The molecule has 2 aromatic rings. The number of carbonyl (C=O) groups is 1. The molecule has 2 rings (SSSR count). The van der Waals surface area contributed by atoms with Crippen LogP contribution in [0, 0.1) is 0 Å². The van der Waals surface area contributed by atoms with Crippen LogP contribution in [0.1, 0.15) is 15.9 Å². The summed E-state index contributed by atoms with van der Waals surface area (Å²) >= 11 is 0. The summed E-state index contributed by atoms with van der Waals surface area (Å²) in [4.78, 5) is 11.8. The molecule has 4 N–H and O–H groups in total. The highest BCUT2D eigenvalue weighted by atomic mass is 16.3. The number of carbonyl (C=O) groups excluding carboxylic acids is 1. The minimum atomic E-state index is -0.308. The van der Waals surface area contributed by atoms with E-state index in [-0.39, 0.29) is 23.0 Å². The molecule has 1 amide bonds. The van der Waals surface area contributed by atoms with Crippen LogP contribution < -0.4 is 10.6 Å². The number of hydrogen-bond acceptors (Lipinski definition) is 4. The molecule has 0 spiro atoms. The minimum absolute atomic E-state index is 0.0304. The van der Waals surface area contributed by atoms with Crippen molar-refractivity contribution in [3.63, 3.8) is 0 Å². The van der Waals surface area contributed by atoms with E-state index < -0.39 is 0 Å². The molecule has 0 unspecified atom stereocenters. The van der Waals surface area contributed by atoms with E-state index >= 15 is 0 Å². The number of para-hydroxylation sites is 2. The monoisotopic (exact) mass is 286 g/mol. The van der Waals surface area contributed by atoms with Gasteiger partial charge in [0, 0.05) is 25.2 Å². The van der Waals surface area contributed by atoms with Crippen LogP contribution in [0.4, 0.5) is 0 Å². The zero-order valence-electron chi connectivity index (χ0n) is 11.5. The Morgan fingerprint density at radius 3 is 2.29 bits per heavy atom. The van der Waals surface area contributed by atoms with Gasteiger partial charge < -0.3 is 20.8 Å². The van der Waals surface area contributed by atoms with Crippen LogP contribution in [0.25, 0.3) is 0 Å². The van der Waals surface area contributed by atoms with Crippen molar-refractivity contribution >= 4 is 5.91 Å². The van der Waals surface area contributed by atoms with Gasteiger partial charge in [-0.25, -0.2) is 0 Å². The van der Waals surface area contributed by atoms with Gasteiger partial charge >= 0.3 is 0 Å². The van der Waals surface area contributed by atoms with Gasteiger partial charge in [0.05, 0.1) is 5.56 Å². The summed E-state index contributed by atoms with van der Waals surface area (Å²) in [6.07, 6.45) is 0. The Bertz CT molecular complexity index is 614. The molecular formula is C16H18N2O3. The van der Waals surface area contributed by atoms with Gasteiger partial charge in [-0.15, -0.1) is 0 Å². The summed E-state index contributed by atoms with van der Waals surface area (Å²) in [6.45, 7) is 1.52. The fraction of sp³-hybridized carbons (Fsp3) is 0.188. The summed E-state index contributed by atoms with van der Waals surface area (Å²) in [7, 11) is 0.